The third kappa shape index (κ3) is 2.68. The number of thiazole rings is 1. The van der Waals surface area contributed by atoms with Crippen molar-refractivity contribution in [3.8, 4) is 10.6 Å². The van der Waals surface area contributed by atoms with Gasteiger partial charge in [0, 0.05) is 10.6 Å². The molecule has 0 bridgehead atoms. The average Bonchev–Trinajstić information content (AvgIpc) is 2.82. The van der Waals surface area contributed by atoms with Gasteiger partial charge in [-0.3, -0.25) is 0 Å². The number of benzene rings is 1. The van der Waals surface area contributed by atoms with Gasteiger partial charge < -0.3 is 4.74 Å². The fraction of sp³-hybridized carbons (Fsp3) is 0.167. The molecule has 0 spiro atoms. The lowest BCUT2D eigenvalue weighted by Crippen LogP contribution is -2.01. The lowest BCUT2D eigenvalue weighted by Gasteiger charge is -1.99. The fourth-order valence-electron chi connectivity index (χ4n) is 1.36. The summed E-state index contributed by atoms with van der Waals surface area (Å²) in [5.41, 5.74) is 0.281. The first-order valence-corrected chi connectivity index (χ1v) is 6.39. The summed E-state index contributed by atoms with van der Waals surface area (Å²) in [5, 5.41) is 0.817. The van der Waals surface area contributed by atoms with E-state index < -0.39 is 11.8 Å². The van der Waals surface area contributed by atoms with E-state index in [0.717, 1.165) is 11.3 Å². The van der Waals surface area contributed by atoms with Crippen LogP contribution in [0.2, 0.25) is 5.02 Å². The summed E-state index contributed by atoms with van der Waals surface area (Å²) >= 11 is 6.88. The van der Waals surface area contributed by atoms with Gasteiger partial charge in [0.05, 0.1) is 12.8 Å². The van der Waals surface area contributed by atoms with Crippen molar-refractivity contribution >= 4 is 28.9 Å². The van der Waals surface area contributed by atoms with Gasteiger partial charge in [0.25, 0.3) is 0 Å². The van der Waals surface area contributed by atoms with Crippen LogP contribution >= 0.6 is 22.9 Å². The standard InChI is InChI=1S/C12H9ClFNO2S/c1-2-17-12(16)10-6-15-11(18-10)8-5-7(13)3-4-9(8)14/h3-6H,2H2,1H3. The molecular formula is C12H9ClFNO2S. The van der Waals surface area contributed by atoms with Gasteiger partial charge in [-0.25, -0.2) is 14.2 Å². The second-order valence-corrected chi connectivity index (χ2v) is 4.84. The van der Waals surface area contributed by atoms with Crippen LogP contribution in [0.4, 0.5) is 4.39 Å². The zero-order valence-electron chi connectivity index (χ0n) is 9.44. The Kier molecular flexibility index (Phi) is 3.93. The quantitative estimate of drug-likeness (QED) is 0.806. The highest BCUT2D eigenvalue weighted by Gasteiger charge is 2.15. The number of carbonyl (C=O) groups excluding carboxylic acids is 1. The summed E-state index contributed by atoms with van der Waals surface area (Å²) in [6.45, 7) is 2.01. The van der Waals surface area contributed by atoms with Crippen LogP contribution in [0, 0.1) is 5.82 Å². The summed E-state index contributed by atoms with van der Waals surface area (Å²) in [5.74, 6) is -0.882. The Morgan fingerprint density at radius 1 is 1.56 bits per heavy atom. The van der Waals surface area contributed by atoms with Gasteiger partial charge in [-0.05, 0) is 25.1 Å². The number of ether oxygens (including phenoxy) is 1. The number of carbonyl (C=O) groups is 1. The van der Waals surface area contributed by atoms with Crippen molar-refractivity contribution in [2.75, 3.05) is 6.61 Å². The van der Waals surface area contributed by atoms with Crippen LogP contribution in [0.1, 0.15) is 16.6 Å². The van der Waals surface area contributed by atoms with Crippen LogP contribution < -0.4 is 0 Å². The van der Waals surface area contributed by atoms with Crippen LogP contribution in [0.3, 0.4) is 0 Å². The summed E-state index contributed by atoms with van der Waals surface area (Å²) < 4.78 is 18.4. The van der Waals surface area contributed by atoms with Gasteiger partial charge >= 0.3 is 5.97 Å². The molecule has 6 heteroatoms. The topological polar surface area (TPSA) is 39.2 Å². The van der Waals surface area contributed by atoms with E-state index in [9.17, 15) is 9.18 Å². The molecule has 0 amide bonds. The van der Waals surface area contributed by atoms with E-state index in [4.69, 9.17) is 16.3 Å². The highest BCUT2D eigenvalue weighted by Crippen LogP contribution is 2.29. The maximum Gasteiger partial charge on any atom is 0.349 e. The molecule has 0 aliphatic rings. The predicted molar refractivity (Wildman–Crippen MR) is 68.5 cm³/mol. The van der Waals surface area contributed by atoms with Gasteiger partial charge in [0.2, 0.25) is 0 Å². The van der Waals surface area contributed by atoms with E-state index >= 15 is 0 Å². The molecule has 0 atom stereocenters. The van der Waals surface area contributed by atoms with Crippen molar-refractivity contribution in [2.45, 2.75) is 6.92 Å². The molecule has 2 rings (SSSR count). The molecule has 3 nitrogen and oxygen atoms in total. The van der Waals surface area contributed by atoms with E-state index in [-0.39, 0.29) is 12.2 Å². The summed E-state index contributed by atoms with van der Waals surface area (Å²) in [7, 11) is 0. The van der Waals surface area contributed by atoms with Crippen molar-refractivity contribution in [3.63, 3.8) is 0 Å². The molecule has 94 valence electrons. The van der Waals surface area contributed by atoms with Gasteiger partial charge in [0.1, 0.15) is 15.7 Å². The van der Waals surface area contributed by atoms with E-state index in [1.807, 2.05) is 0 Å². The summed E-state index contributed by atoms with van der Waals surface area (Å²) in [4.78, 5) is 15.8. The first kappa shape index (κ1) is 13.0. The van der Waals surface area contributed by atoms with Gasteiger partial charge in [-0.2, -0.15) is 0 Å². The zero-order valence-corrected chi connectivity index (χ0v) is 11.0. The first-order chi connectivity index (χ1) is 8.61. The second kappa shape index (κ2) is 5.46. The minimum Gasteiger partial charge on any atom is -0.462 e. The molecule has 0 N–H and O–H groups in total. The van der Waals surface area contributed by atoms with E-state index in [1.165, 1.54) is 24.4 Å². The van der Waals surface area contributed by atoms with E-state index in [1.54, 1.807) is 6.92 Å². The number of hydrogen-bond acceptors (Lipinski definition) is 4. The van der Waals surface area contributed by atoms with Crippen molar-refractivity contribution < 1.29 is 13.9 Å². The zero-order chi connectivity index (χ0) is 13.1. The molecule has 0 radical (unpaired) electrons. The molecule has 1 aromatic heterocycles. The monoisotopic (exact) mass is 285 g/mol. The number of rotatable bonds is 3. The molecule has 2 aromatic rings. The highest BCUT2D eigenvalue weighted by atomic mass is 35.5. The SMILES string of the molecule is CCOC(=O)c1cnc(-c2cc(Cl)ccc2F)s1. The number of aromatic nitrogens is 1. The number of halogens is 2. The van der Waals surface area contributed by atoms with Gasteiger partial charge in [0.15, 0.2) is 0 Å². The Labute approximate surface area is 112 Å². The summed E-state index contributed by atoms with van der Waals surface area (Å²) in [6, 6.07) is 4.20. The van der Waals surface area contributed by atoms with Crippen molar-refractivity contribution in [1.29, 1.82) is 0 Å². The second-order valence-electron chi connectivity index (χ2n) is 3.37. The lowest BCUT2D eigenvalue weighted by molar-refractivity contribution is 0.0532. The molecule has 18 heavy (non-hydrogen) atoms. The van der Waals surface area contributed by atoms with Gasteiger partial charge in [-0.15, -0.1) is 11.3 Å². The minimum atomic E-state index is -0.455. The van der Waals surface area contributed by atoms with E-state index in [2.05, 4.69) is 4.98 Å². The highest BCUT2D eigenvalue weighted by molar-refractivity contribution is 7.16. The van der Waals surface area contributed by atoms with Crippen LogP contribution in [-0.4, -0.2) is 17.6 Å². The number of hydrogen-bond donors (Lipinski definition) is 0. The predicted octanol–water partition coefficient (Wildman–Crippen LogP) is 3.78. The van der Waals surface area contributed by atoms with Gasteiger partial charge in [-0.1, -0.05) is 11.6 Å². The molecule has 1 aromatic carbocycles. The lowest BCUT2D eigenvalue weighted by atomic mass is 10.2. The molecule has 0 aliphatic heterocycles. The van der Waals surface area contributed by atoms with E-state index in [0.29, 0.717) is 14.9 Å². The maximum atomic E-state index is 13.6. The Morgan fingerprint density at radius 3 is 3.06 bits per heavy atom. The molecular weight excluding hydrogens is 277 g/mol. The first-order valence-electron chi connectivity index (χ1n) is 5.20. The minimum absolute atomic E-state index is 0.281. The molecule has 0 aliphatic carbocycles. The largest absolute Gasteiger partial charge is 0.462 e. The fourth-order valence-corrected chi connectivity index (χ4v) is 2.36. The molecule has 1 heterocycles. The maximum absolute atomic E-state index is 13.6. The third-order valence-electron chi connectivity index (χ3n) is 2.14. The van der Waals surface area contributed by atoms with Crippen LogP contribution in [0.5, 0.6) is 0 Å². The third-order valence-corrected chi connectivity index (χ3v) is 3.39. The number of esters is 1. The van der Waals surface area contributed by atoms with Crippen LogP contribution in [-0.2, 0) is 4.74 Å². The Hall–Kier alpha value is -1.46. The normalized spacial score (nSPS) is 10.4. The van der Waals surface area contributed by atoms with Crippen LogP contribution in [0.25, 0.3) is 10.6 Å². The Bertz CT molecular complexity index is 585. The average molecular weight is 286 g/mol. The molecule has 0 saturated heterocycles. The smallest absolute Gasteiger partial charge is 0.349 e. The van der Waals surface area contributed by atoms with Crippen LogP contribution in [0.15, 0.2) is 24.4 Å². The molecule has 0 fully saturated rings. The van der Waals surface area contributed by atoms with Crippen molar-refractivity contribution in [2.24, 2.45) is 0 Å². The van der Waals surface area contributed by atoms with Crippen molar-refractivity contribution in [1.82, 2.24) is 4.98 Å². The Morgan fingerprint density at radius 2 is 2.33 bits per heavy atom. The van der Waals surface area contributed by atoms with Crippen molar-refractivity contribution in [3.05, 3.63) is 40.1 Å². The summed E-state index contributed by atoms with van der Waals surface area (Å²) in [6.07, 6.45) is 1.37. The Balaban J connectivity index is 2.35. The number of nitrogens with zero attached hydrogens (tertiary/aromatic N) is 1. The molecule has 0 unspecified atom stereocenters. The molecule has 0 saturated carbocycles.